The summed E-state index contributed by atoms with van der Waals surface area (Å²) in [6.07, 6.45) is 1.13. The molecule has 2 unspecified atom stereocenters. The molecular weight excluding hydrogens is 188 g/mol. The molecule has 1 fully saturated rings. The zero-order valence-electron chi connectivity index (χ0n) is 7.91. The van der Waals surface area contributed by atoms with E-state index in [0.29, 0.717) is 0 Å². The van der Waals surface area contributed by atoms with Gasteiger partial charge in [0.2, 0.25) is 0 Å². The van der Waals surface area contributed by atoms with Crippen LogP contribution in [-0.4, -0.2) is 28.8 Å². The summed E-state index contributed by atoms with van der Waals surface area (Å²) in [6.45, 7) is 2.01. The van der Waals surface area contributed by atoms with Crippen LogP contribution in [0.1, 0.15) is 19.8 Å². The fourth-order valence-electron chi connectivity index (χ4n) is 1.58. The lowest BCUT2D eigenvalue weighted by atomic mass is 10.0. The van der Waals surface area contributed by atoms with Crippen LogP contribution in [0.3, 0.4) is 0 Å². The van der Waals surface area contributed by atoms with E-state index in [9.17, 15) is 9.59 Å². The van der Waals surface area contributed by atoms with Gasteiger partial charge in [-0.15, -0.1) is 0 Å². The van der Waals surface area contributed by atoms with Crippen molar-refractivity contribution in [2.45, 2.75) is 25.3 Å². The molecule has 0 saturated carbocycles. The van der Waals surface area contributed by atoms with Gasteiger partial charge >= 0.3 is 11.9 Å². The number of hydrogen-bond acceptors (Lipinski definition) is 4. The van der Waals surface area contributed by atoms with Crippen molar-refractivity contribution in [2.24, 2.45) is 5.92 Å². The van der Waals surface area contributed by atoms with Gasteiger partial charge in [0.15, 0.2) is 9.76 Å². The second-order valence-electron chi connectivity index (χ2n) is 3.23. The summed E-state index contributed by atoms with van der Waals surface area (Å²) in [4.78, 5) is 22.0. The average molecular weight is 202 g/mol. The number of carbonyl (C=O) groups is 2. The third-order valence-corrected chi connectivity index (χ3v) is 4.29. The van der Waals surface area contributed by atoms with Gasteiger partial charge in [-0.05, 0) is 5.54 Å². The van der Waals surface area contributed by atoms with Crippen LogP contribution in [0.4, 0.5) is 0 Å². The van der Waals surface area contributed by atoms with Crippen LogP contribution in [0.2, 0.25) is 5.54 Å². The first-order chi connectivity index (χ1) is 6.19. The van der Waals surface area contributed by atoms with Crippen molar-refractivity contribution in [1.29, 1.82) is 0 Å². The molecule has 0 aromatic heterocycles. The van der Waals surface area contributed by atoms with Crippen molar-refractivity contribution in [3.8, 4) is 0 Å². The monoisotopic (exact) mass is 202 g/mol. The quantitative estimate of drug-likeness (QED) is 0.366. The number of carbonyl (C=O) groups excluding carboxylic acids is 2. The molecule has 13 heavy (non-hydrogen) atoms. The topological polar surface area (TPSA) is 52.6 Å². The summed E-state index contributed by atoms with van der Waals surface area (Å²) in [5.74, 6) is -0.982. The highest BCUT2D eigenvalue weighted by Crippen LogP contribution is 2.30. The first-order valence-corrected chi connectivity index (χ1v) is 5.81. The first kappa shape index (κ1) is 10.4. The van der Waals surface area contributed by atoms with Crippen molar-refractivity contribution in [2.75, 3.05) is 7.11 Å². The SMILES string of the molecule is CCC([SiH2]OC)C1CC(=O)OC1=O. The molecule has 1 aliphatic heterocycles. The zero-order chi connectivity index (χ0) is 9.84. The molecule has 5 heteroatoms. The predicted octanol–water partition coefficient (Wildman–Crippen LogP) is 0.00480. The van der Waals surface area contributed by atoms with E-state index in [2.05, 4.69) is 4.74 Å². The summed E-state index contributed by atoms with van der Waals surface area (Å²) in [5, 5.41) is 0. The molecule has 0 aromatic rings. The molecular formula is C8H14O4Si. The van der Waals surface area contributed by atoms with Crippen molar-refractivity contribution in [3.63, 3.8) is 0 Å². The number of rotatable bonds is 4. The van der Waals surface area contributed by atoms with E-state index in [1.165, 1.54) is 0 Å². The summed E-state index contributed by atoms with van der Waals surface area (Å²) < 4.78 is 9.60. The Morgan fingerprint density at radius 2 is 2.38 bits per heavy atom. The molecule has 74 valence electrons. The average Bonchev–Trinajstić information content (AvgIpc) is 2.41. The first-order valence-electron chi connectivity index (χ1n) is 4.42. The minimum Gasteiger partial charge on any atom is -0.427 e. The summed E-state index contributed by atoms with van der Waals surface area (Å²) in [7, 11) is 0.949. The van der Waals surface area contributed by atoms with Crippen molar-refractivity contribution in [1.82, 2.24) is 0 Å². The third-order valence-electron chi connectivity index (χ3n) is 2.38. The van der Waals surface area contributed by atoms with Crippen LogP contribution >= 0.6 is 0 Å². The summed E-state index contributed by atoms with van der Waals surface area (Å²) >= 11 is 0. The van der Waals surface area contributed by atoms with Gasteiger partial charge in [0.05, 0.1) is 12.3 Å². The van der Waals surface area contributed by atoms with Crippen molar-refractivity contribution >= 4 is 21.7 Å². The van der Waals surface area contributed by atoms with Gasteiger partial charge in [0.1, 0.15) is 0 Å². The molecule has 0 N–H and O–H groups in total. The van der Waals surface area contributed by atoms with Crippen molar-refractivity contribution < 1.29 is 18.8 Å². The minimum atomic E-state index is -0.701. The Morgan fingerprint density at radius 1 is 1.69 bits per heavy atom. The second-order valence-corrected chi connectivity index (χ2v) is 5.19. The largest absolute Gasteiger partial charge is 0.427 e. The maximum atomic E-state index is 11.2. The minimum absolute atomic E-state index is 0.232. The number of hydrogen-bond donors (Lipinski definition) is 0. The Hall–Kier alpha value is -0.683. The molecule has 1 rings (SSSR count). The van der Waals surface area contributed by atoms with E-state index in [1.807, 2.05) is 6.92 Å². The Kier molecular flexibility index (Phi) is 3.62. The Bertz CT molecular complexity index is 216. The van der Waals surface area contributed by atoms with Gasteiger partial charge in [0, 0.05) is 7.11 Å². The molecule has 1 saturated heterocycles. The van der Waals surface area contributed by atoms with Gasteiger partial charge in [0.25, 0.3) is 0 Å². The van der Waals surface area contributed by atoms with E-state index in [4.69, 9.17) is 4.43 Å². The Morgan fingerprint density at radius 3 is 2.77 bits per heavy atom. The molecule has 4 nitrogen and oxygen atoms in total. The van der Waals surface area contributed by atoms with Crippen LogP contribution < -0.4 is 0 Å². The van der Waals surface area contributed by atoms with E-state index >= 15 is 0 Å². The number of cyclic esters (lactones) is 2. The summed E-state index contributed by atoms with van der Waals surface area (Å²) in [6, 6.07) is 0. The maximum Gasteiger partial charge on any atom is 0.317 e. The fourth-order valence-corrected chi connectivity index (χ4v) is 2.84. The fraction of sp³-hybridized carbons (Fsp3) is 0.750. The van der Waals surface area contributed by atoms with E-state index in [1.54, 1.807) is 7.11 Å². The Labute approximate surface area is 79.5 Å². The van der Waals surface area contributed by atoms with Gasteiger partial charge in [-0.2, -0.15) is 0 Å². The van der Waals surface area contributed by atoms with E-state index in [-0.39, 0.29) is 23.8 Å². The van der Waals surface area contributed by atoms with E-state index in [0.717, 1.165) is 6.42 Å². The van der Waals surface area contributed by atoms with Crippen LogP contribution in [0.25, 0.3) is 0 Å². The number of esters is 2. The van der Waals surface area contributed by atoms with Gasteiger partial charge in [-0.25, -0.2) is 0 Å². The highest BCUT2D eigenvalue weighted by atomic mass is 28.2. The third kappa shape index (κ3) is 2.38. The standard InChI is InChI=1S/C8H14O4Si/c1-3-6(13-11-2)5-4-7(9)12-8(5)10/h5-6H,3-4,13H2,1-2H3. The van der Waals surface area contributed by atoms with Gasteiger partial charge in [-0.3, -0.25) is 9.59 Å². The lowest BCUT2D eigenvalue weighted by Gasteiger charge is -2.15. The molecule has 1 heterocycles. The highest BCUT2D eigenvalue weighted by Gasteiger charge is 2.38. The van der Waals surface area contributed by atoms with Crippen molar-refractivity contribution in [3.05, 3.63) is 0 Å². The Balaban J connectivity index is 2.58. The van der Waals surface area contributed by atoms with Gasteiger partial charge in [-0.1, -0.05) is 13.3 Å². The molecule has 2 atom stereocenters. The van der Waals surface area contributed by atoms with Gasteiger partial charge < -0.3 is 9.16 Å². The molecule has 0 amide bonds. The summed E-state index contributed by atoms with van der Waals surface area (Å²) in [5.41, 5.74) is 0.240. The van der Waals surface area contributed by atoms with E-state index < -0.39 is 15.7 Å². The normalized spacial score (nSPS) is 25.5. The number of ether oxygens (including phenoxy) is 1. The lowest BCUT2D eigenvalue weighted by molar-refractivity contribution is -0.153. The van der Waals surface area contributed by atoms with Crippen LogP contribution in [0, 0.1) is 5.92 Å². The smallest absolute Gasteiger partial charge is 0.317 e. The molecule has 0 bridgehead atoms. The zero-order valence-corrected chi connectivity index (χ0v) is 9.32. The molecule has 1 aliphatic rings. The second kappa shape index (κ2) is 4.52. The van der Waals surface area contributed by atoms with Crippen LogP contribution in [0.5, 0.6) is 0 Å². The molecule has 0 aromatic carbocycles. The lowest BCUT2D eigenvalue weighted by Crippen LogP contribution is -2.20. The molecule has 0 radical (unpaired) electrons. The molecule has 0 spiro atoms. The highest BCUT2D eigenvalue weighted by molar-refractivity contribution is 6.30. The van der Waals surface area contributed by atoms with Crippen LogP contribution in [-0.2, 0) is 18.8 Å². The molecule has 0 aliphatic carbocycles. The van der Waals surface area contributed by atoms with Crippen LogP contribution in [0.15, 0.2) is 0 Å². The predicted molar refractivity (Wildman–Crippen MR) is 48.8 cm³/mol. The maximum absolute atomic E-state index is 11.2.